The van der Waals surface area contributed by atoms with E-state index in [0.29, 0.717) is 10.3 Å². The largest absolute Gasteiger partial charge is 0.309 e. The molecule has 1 aromatic rings. The van der Waals surface area contributed by atoms with Gasteiger partial charge >= 0.3 is 0 Å². The molecule has 0 aliphatic carbocycles. The molecule has 0 saturated carbocycles. The zero-order valence-corrected chi connectivity index (χ0v) is 11.7. The Labute approximate surface area is 111 Å². The van der Waals surface area contributed by atoms with E-state index in [1.165, 1.54) is 6.07 Å². The molecule has 0 fully saturated rings. The number of halogens is 2. The van der Waals surface area contributed by atoms with E-state index in [-0.39, 0.29) is 11.9 Å². The maximum Gasteiger partial charge on any atom is 0.128 e. The highest BCUT2D eigenvalue weighted by Crippen LogP contribution is 2.42. The van der Waals surface area contributed by atoms with Crippen LogP contribution in [0, 0.1) is 5.82 Å². The van der Waals surface area contributed by atoms with Crippen molar-refractivity contribution in [3.63, 3.8) is 0 Å². The van der Waals surface area contributed by atoms with Gasteiger partial charge in [0.05, 0.1) is 0 Å². The van der Waals surface area contributed by atoms with Crippen molar-refractivity contribution in [1.82, 2.24) is 5.32 Å². The summed E-state index contributed by atoms with van der Waals surface area (Å²) in [5.74, 6) is 0.681. The van der Waals surface area contributed by atoms with Crippen LogP contribution in [-0.4, -0.2) is 11.8 Å². The molecule has 94 valence electrons. The van der Waals surface area contributed by atoms with Crippen molar-refractivity contribution < 1.29 is 4.39 Å². The number of hydrogen-bond donors (Lipinski definition) is 1. The summed E-state index contributed by atoms with van der Waals surface area (Å²) in [5, 5.41) is 4.50. The number of rotatable bonds is 3. The van der Waals surface area contributed by atoms with E-state index in [1.807, 2.05) is 18.7 Å². The Kier molecular flexibility index (Phi) is 4.34. The zero-order valence-electron chi connectivity index (χ0n) is 10.1. The Morgan fingerprint density at radius 2 is 2.24 bits per heavy atom. The van der Waals surface area contributed by atoms with Crippen LogP contribution in [-0.2, 0) is 5.75 Å². The lowest BCUT2D eigenvalue weighted by atomic mass is 9.95. The summed E-state index contributed by atoms with van der Waals surface area (Å²) in [7, 11) is 0. The molecule has 4 heteroatoms. The fraction of sp³-hybridized carbons (Fsp3) is 0.538. The molecular formula is C13H17ClFNS. The van der Waals surface area contributed by atoms with E-state index in [1.54, 1.807) is 6.07 Å². The lowest BCUT2D eigenvalue weighted by Crippen LogP contribution is -2.34. The molecule has 1 aliphatic heterocycles. The number of benzene rings is 1. The monoisotopic (exact) mass is 273 g/mol. The molecule has 2 unspecified atom stereocenters. The minimum absolute atomic E-state index is 0.0810. The van der Waals surface area contributed by atoms with E-state index in [2.05, 4.69) is 12.2 Å². The number of nitrogens with one attached hydrogen (secondary N) is 1. The third-order valence-corrected chi connectivity index (χ3v) is 5.04. The quantitative estimate of drug-likeness (QED) is 0.888. The Morgan fingerprint density at radius 1 is 1.47 bits per heavy atom. The number of hydrogen-bond acceptors (Lipinski definition) is 2. The van der Waals surface area contributed by atoms with Crippen molar-refractivity contribution in [2.24, 2.45) is 0 Å². The first-order valence-electron chi connectivity index (χ1n) is 6.00. The third-order valence-electron chi connectivity index (χ3n) is 3.20. The molecule has 0 saturated heterocycles. The summed E-state index contributed by atoms with van der Waals surface area (Å²) in [6, 6.07) is 3.22. The maximum absolute atomic E-state index is 14.0. The zero-order chi connectivity index (χ0) is 12.4. The average Bonchev–Trinajstić information content (AvgIpc) is 2.34. The fourth-order valence-electron chi connectivity index (χ4n) is 2.37. The fourth-order valence-corrected chi connectivity index (χ4v) is 4.03. The van der Waals surface area contributed by atoms with Gasteiger partial charge in [-0.3, -0.25) is 0 Å². The Hall–Kier alpha value is -0.250. The normalized spacial score (nSPS) is 23.5. The van der Waals surface area contributed by atoms with E-state index >= 15 is 0 Å². The summed E-state index contributed by atoms with van der Waals surface area (Å²) in [6.45, 7) is 5.04. The Balaban J connectivity index is 2.47. The van der Waals surface area contributed by atoms with Crippen molar-refractivity contribution in [3.05, 3.63) is 34.1 Å². The van der Waals surface area contributed by atoms with Crippen LogP contribution >= 0.6 is 23.4 Å². The van der Waals surface area contributed by atoms with Crippen LogP contribution in [0.5, 0.6) is 0 Å². The van der Waals surface area contributed by atoms with Gasteiger partial charge in [0.1, 0.15) is 5.82 Å². The highest BCUT2D eigenvalue weighted by molar-refractivity contribution is 7.99. The van der Waals surface area contributed by atoms with Gasteiger partial charge < -0.3 is 5.32 Å². The second-order valence-electron chi connectivity index (χ2n) is 4.21. The van der Waals surface area contributed by atoms with Crippen molar-refractivity contribution in [2.45, 2.75) is 37.3 Å². The van der Waals surface area contributed by atoms with Crippen LogP contribution in [0.4, 0.5) is 4.39 Å². The van der Waals surface area contributed by atoms with Crippen molar-refractivity contribution >= 4 is 23.4 Å². The van der Waals surface area contributed by atoms with Crippen LogP contribution in [0.15, 0.2) is 12.1 Å². The standard InChI is InChI=1S/C13H17ClFNS/c1-3-11-13(16-4-2)12-8(7-17-11)9(14)5-6-10(12)15/h5-6,11,13,16H,3-4,7H2,1-2H3. The Bertz CT molecular complexity index is 411. The third kappa shape index (κ3) is 2.47. The molecule has 1 aromatic carbocycles. The van der Waals surface area contributed by atoms with Gasteiger partial charge in [0, 0.05) is 27.6 Å². The van der Waals surface area contributed by atoms with E-state index in [0.717, 1.165) is 29.8 Å². The minimum Gasteiger partial charge on any atom is -0.309 e. The summed E-state index contributed by atoms with van der Waals surface area (Å²) >= 11 is 8.03. The van der Waals surface area contributed by atoms with Crippen LogP contribution in [0.3, 0.4) is 0 Å². The molecule has 17 heavy (non-hydrogen) atoms. The molecule has 0 bridgehead atoms. The summed E-state index contributed by atoms with van der Waals surface area (Å²) < 4.78 is 14.0. The summed E-state index contributed by atoms with van der Waals surface area (Å²) in [6.07, 6.45) is 1.04. The molecule has 2 atom stereocenters. The average molecular weight is 274 g/mol. The van der Waals surface area contributed by atoms with Gasteiger partial charge in [0.2, 0.25) is 0 Å². The second kappa shape index (κ2) is 5.59. The van der Waals surface area contributed by atoms with Gasteiger partial charge in [-0.2, -0.15) is 11.8 Å². The summed E-state index contributed by atoms with van der Waals surface area (Å²) in [5.41, 5.74) is 1.75. The van der Waals surface area contributed by atoms with Crippen LogP contribution in [0.25, 0.3) is 0 Å². The minimum atomic E-state index is -0.130. The first kappa shape index (κ1) is 13.2. The lowest BCUT2D eigenvalue weighted by Gasteiger charge is -2.34. The molecule has 1 nitrogen and oxygen atoms in total. The molecule has 1 N–H and O–H groups in total. The van der Waals surface area contributed by atoms with Gasteiger partial charge in [-0.15, -0.1) is 0 Å². The molecule has 0 spiro atoms. The highest BCUT2D eigenvalue weighted by atomic mass is 35.5. The molecule has 2 rings (SSSR count). The van der Waals surface area contributed by atoms with Crippen molar-refractivity contribution in [1.29, 1.82) is 0 Å². The van der Waals surface area contributed by atoms with E-state index in [9.17, 15) is 4.39 Å². The predicted molar refractivity (Wildman–Crippen MR) is 73.2 cm³/mol. The van der Waals surface area contributed by atoms with Crippen LogP contribution in [0.1, 0.15) is 37.4 Å². The van der Waals surface area contributed by atoms with Gasteiger partial charge in [-0.25, -0.2) is 4.39 Å². The molecule has 0 aromatic heterocycles. The molecule has 1 heterocycles. The predicted octanol–water partition coefficient (Wildman–Crippen LogP) is 4.16. The first-order valence-corrected chi connectivity index (χ1v) is 7.43. The topological polar surface area (TPSA) is 12.0 Å². The smallest absolute Gasteiger partial charge is 0.128 e. The molecule has 0 radical (unpaired) electrons. The first-order chi connectivity index (χ1) is 8.19. The van der Waals surface area contributed by atoms with Crippen molar-refractivity contribution in [2.75, 3.05) is 6.54 Å². The Morgan fingerprint density at radius 3 is 2.88 bits per heavy atom. The lowest BCUT2D eigenvalue weighted by molar-refractivity contribution is 0.482. The molecule has 1 aliphatic rings. The highest BCUT2D eigenvalue weighted by Gasteiger charge is 2.31. The summed E-state index contributed by atoms with van der Waals surface area (Å²) in [4.78, 5) is 0. The van der Waals surface area contributed by atoms with Gasteiger partial charge in [0.15, 0.2) is 0 Å². The second-order valence-corrected chi connectivity index (χ2v) is 5.85. The van der Waals surface area contributed by atoms with Gasteiger partial charge in [-0.05, 0) is 30.7 Å². The molecule has 0 amide bonds. The van der Waals surface area contributed by atoms with Crippen LogP contribution in [0.2, 0.25) is 5.02 Å². The van der Waals surface area contributed by atoms with Gasteiger partial charge in [-0.1, -0.05) is 25.4 Å². The van der Waals surface area contributed by atoms with Crippen LogP contribution < -0.4 is 5.32 Å². The van der Waals surface area contributed by atoms with E-state index < -0.39 is 0 Å². The van der Waals surface area contributed by atoms with E-state index in [4.69, 9.17) is 11.6 Å². The number of thioether (sulfide) groups is 1. The SMILES string of the molecule is CCNC1c2c(F)ccc(Cl)c2CSC1CC. The number of fused-ring (bicyclic) bond motifs is 1. The molecular weight excluding hydrogens is 257 g/mol. The van der Waals surface area contributed by atoms with Gasteiger partial charge in [0.25, 0.3) is 0 Å². The maximum atomic E-state index is 14.0. The van der Waals surface area contributed by atoms with Crippen molar-refractivity contribution in [3.8, 4) is 0 Å².